The third-order valence-electron chi connectivity index (χ3n) is 4.10. The van der Waals surface area contributed by atoms with E-state index in [1.807, 2.05) is 0 Å². The van der Waals surface area contributed by atoms with Crippen molar-refractivity contribution in [3.05, 3.63) is 70.6 Å². The van der Waals surface area contributed by atoms with Gasteiger partial charge in [-0.3, -0.25) is 14.4 Å². The summed E-state index contributed by atoms with van der Waals surface area (Å²) >= 11 is 0. The van der Waals surface area contributed by atoms with Gasteiger partial charge in [-0.1, -0.05) is 18.2 Å². The molecule has 0 fully saturated rings. The van der Waals surface area contributed by atoms with E-state index < -0.39 is 23.5 Å². The monoisotopic (exact) mass is 393 g/mol. The summed E-state index contributed by atoms with van der Waals surface area (Å²) in [5.41, 5.74) is 0.626. The Labute approximate surface area is 165 Å². The van der Waals surface area contributed by atoms with Gasteiger partial charge in [-0.2, -0.15) is 0 Å². The van der Waals surface area contributed by atoms with Crippen LogP contribution < -0.4 is 16.2 Å². The second-order valence-electron chi connectivity index (χ2n) is 6.39. The van der Waals surface area contributed by atoms with Crippen LogP contribution in [-0.4, -0.2) is 28.9 Å². The normalized spacial score (nSPS) is 11.5. The number of ether oxygens (including phenoxy) is 1. The molecule has 0 radical (unpaired) electrons. The molecule has 0 unspecified atom stereocenters. The van der Waals surface area contributed by atoms with Crippen molar-refractivity contribution in [1.82, 2.24) is 4.98 Å². The Bertz CT molecular complexity index is 1140. The molecule has 1 heterocycles. The summed E-state index contributed by atoms with van der Waals surface area (Å²) in [4.78, 5) is 50.2. The number of pyridine rings is 1. The van der Waals surface area contributed by atoms with Crippen molar-refractivity contribution in [3.63, 3.8) is 0 Å². The van der Waals surface area contributed by atoms with Gasteiger partial charge in [-0.05, 0) is 48.7 Å². The molecule has 0 spiro atoms. The van der Waals surface area contributed by atoms with Crippen molar-refractivity contribution in [3.8, 4) is 0 Å². The summed E-state index contributed by atoms with van der Waals surface area (Å²) in [5, 5.41) is 6.29. The van der Waals surface area contributed by atoms with Crippen molar-refractivity contribution >= 4 is 39.9 Å². The molecule has 3 aromatic rings. The number of hydrogen-bond donors (Lipinski definition) is 3. The lowest BCUT2D eigenvalue weighted by Crippen LogP contribution is -2.30. The maximum absolute atomic E-state index is 12.3. The molecule has 0 aliphatic heterocycles. The molecule has 0 bridgehead atoms. The standard InChI is InChI=1S/C21H19N3O5/c1-12(19(26)23-16-9-7-15(8-10-16)22-13(2)25)29-21(28)18-11-14-5-3-4-6-17(14)20(27)24-18/h3-12H,1-2H3,(H,22,25)(H,23,26)(H,24,27)/t12-/m1/s1. The molecule has 8 heteroatoms. The number of benzene rings is 2. The molecule has 3 N–H and O–H groups in total. The number of amides is 2. The average molecular weight is 393 g/mol. The van der Waals surface area contributed by atoms with Crippen molar-refractivity contribution in [2.75, 3.05) is 10.6 Å². The first kappa shape index (κ1) is 19.8. The first-order valence-corrected chi connectivity index (χ1v) is 8.85. The highest BCUT2D eigenvalue weighted by Gasteiger charge is 2.20. The van der Waals surface area contributed by atoms with E-state index in [4.69, 9.17) is 4.74 Å². The maximum atomic E-state index is 12.3. The number of H-pyrrole nitrogens is 1. The molecule has 148 valence electrons. The molecule has 1 atom stereocenters. The lowest BCUT2D eigenvalue weighted by molar-refractivity contribution is -0.123. The molecule has 0 saturated heterocycles. The number of esters is 1. The number of carbonyl (C=O) groups is 3. The molecule has 0 saturated carbocycles. The first-order chi connectivity index (χ1) is 13.8. The minimum atomic E-state index is -1.09. The average Bonchev–Trinajstić information content (AvgIpc) is 2.69. The highest BCUT2D eigenvalue weighted by molar-refractivity contribution is 5.98. The van der Waals surface area contributed by atoms with E-state index in [9.17, 15) is 19.2 Å². The number of nitrogens with one attached hydrogen (secondary N) is 3. The molecular formula is C21H19N3O5. The van der Waals surface area contributed by atoms with Crippen molar-refractivity contribution < 1.29 is 19.1 Å². The fourth-order valence-electron chi connectivity index (χ4n) is 2.68. The first-order valence-electron chi connectivity index (χ1n) is 8.85. The predicted molar refractivity (Wildman–Crippen MR) is 109 cm³/mol. The Hall–Kier alpha value is -3.94. The largest absolute Gasteiger partial charge is 0.448 e. The van der Waals surface area contributed by atoms with Crippen LogP contribution in [0.4, 0.5) is 11.4 Å². The Morgan fingerprint density at radius 2 is 1.59 bits per heavy atom. The summed E-state index contributed by atoms with van der Waals surface area (Å²) in [7, 11) is 0. The zero-order valence-corrected chi connectivity index (χ0v) is 15.8. The van der Waals surface area contributed by atoms with Gasteiger partial charge in [0.15, 0.2) is 6.10 Å². The van der Waals surface area contributed by atoms with Crippen LogP contribution in [0.5, 0.6) is 0 Å². The Balaban J connectivity index is 1.65. The molecule has 0 aliphatic carbocycles. The molecule has 2 aromatic carbocycles. The van der Waals surface area contributed by atoms with Gasteiger partial charge < -0.3 is 20.4 Å². The Kier molecular flexibility index (Phi) is 5.73. The minimum Gasteiger partial charge on any atom is -0.448 e. The summed E-state index contributed by atoms with van der Waals surface area (Å²) < 4.78 is 5.17. The van der Waals surface area contributed by atoms with E-state index >= 15 is 0 Å². The van der Waals surface area contributed by atoms with Crippen LogP contribution in [0.25, 0.3) is 10.8 Å². The lowest BCUT2D eigenvalue weighted by atomic mass is 10.1. The van der Waals surface area contributed by atoms with Crippen molar-refractivity contribution in [1.29, 1.82) is 0 Å². The minimum absolute atomic E-state index is 0.0342. The Morgan fingerprint density at radius 3 is 2.24 bits per heavy atom. The molecule has 8 nitrogen and oxygen atoms in total. The molecular weight excluding hydrogens is 374 g/mol. The lowest BCUT2D eigenvalue weighted by Gasteiger charge is -2.14. The SMILES string of the molecule is CC(=O)Nc1ccc(NC(=O)[C@@H](C)OC(=O)c2cc3ccccc3c(=O)[nH]2)cc1. The number of hydrogen-bond acceptors (Lipinski definition) is 5. The summed E-state index contributed by atoms with van der Waals surface area (Å²) in [6.45, 7) is 2.83. The quantitative estimate of drug-likeness (QED) is 0.576. The number of anilines is 2. The molecule has 3 rings (SSSR count). The van der Waals surface area contributed by atoms with Crippen LogP contribution in [0.3, 0.4) is 0 Å². The molecule has 29 heavy (non-hydrogen) atoms. The number of carbonyl (C=O) groups excluding carboxylic acids is 3. The maximum Gasteiger partial charge on any atom is 0.355 e. The number of fused-ring (bicyclic) bond motifs is 1. The topological polar surface area (TPSA) is 117 Å². The van der Waals surface area contributed by atoms with Gasteiger partial charge in [0.2, 0.25) is 5.91 Å². The van der Waals surface area contributed by atoms with Crippen molar-refractivity contribution in [2.45, 2.75) is 20.0 Å². The van der Waals surface area contributed by atoms with E-state index in [2.05, 4.69) is 15.6 Å². The van der Waals surface area contributed by atoms with E-state index in [0.29, 0.717) is 22.1 Å². The summed E-state index contributed by atoms with van der Waals surface area (Å²) in [6, 6.07) is 14.8. The van der Waals surface area contributed by atoms with E-state index in [1.165, 1.54) is 19.9 Å². The van der Waals surface area contributed by atoms with E-state index in [-0.39, 0.29) is 11.6 Å². The summed E-state index contributed by atoms with van der Waals surface area (Å²) in [5.74, 6) is -1.54. The van der Waals surface area contributed by atoms with Crippen LogP contribution >= 0.6 is 0 Å². The zero-order chi connectivity index (χ0) is 21.0. The van der Waals surface area contributed by atoms with Crippen LogP contribution in [0.15, 0.2) is 59.4 Å². The predicted octanol–water partition coefficient (Wildman–Crippen LogP) is 2.67. The van der Waals surface area contributed by atoms with Gasteiger partial charge in [0, 0.05) is 23.7 Å². The zero-order valence-electron chi connectivity index (χ0n) is 15.8. The summed E-state index contributed by atoms with van der Waals surface area (Å²) in [6.07, 6.45) is -1.09. The highest BCUT2D eigenvalue weighted by Crippen LogP contribution is 2.15. The van der Waals surface area contributed by atoms with Gasteiger partial charge in [-0.25, -0.2) is 4.79 Å². The molecule has 0 aliphatic rings. The third-order valence-corrected chi connectivity index (χ3v) is 4.10. The van der Waals surface area contributed by atoms with E-state index in [1.54, 1.807) is 48.5 Å². The van der Waals surface area contributed by atoms with Gasteiger partial charge in [0.1, 0.15) is 5.69 Å². The van der Waals surface area contributed by atoms with Crippen LogP contribution in [-0.2, 0) is 14.3 Å². The van der Waals surface area contributed by atoms with Crippen LogP contribution in [0.2, 0.25) is 0 Å². The van der Waals surface area contributed by atoms with E-state index in [0.717, 1.165) is 0 Å². The molecule has 2 amide bonds. The van der Waals surface area contributed by atoms with Crippen LogP contribution in [0.1, 0.15) is 24.3 Å². The van der Waals surface area contributed by atoms with Crippen molar-refractivity contribution in [2.24, 2.45) is 0 Å². The Morgan fingerprint density at radius 1 is 0.966 bits per heavy atom. The molecule has 1 aromatic heterocycles. The third kappa shape index (κ3) is 4.86. The second-order valence-corrected chi connectivity index (χ2v) is 6.39. The van der Waals surface area contributed by atoms with Crippen LogP contribution in [0, 0.1) is 0 Å². The van der Waals surface area contributed by atoms with Gasteiger partial charge >= 0.3 is 5.97 Å². The second kappa shape index (κ2) is 8.39. The fraction of sp³-hybridized carbons (Fsp3) is 0.143. The number of aromatic amines is 1. The van der Waals surface area contributed by atoms with Gasteiger partial charge in [-0.15, -0.1) is 0 Å². The van der Waals surface area contributed by atoms with Gasteiger partial charge in [0.05, 0.1) is 0 Å². The number of aromatic nitrogens is 1. The van der Waals surface area contributed by atoms with Gasteiger partial charge in [0.25, 0.3) is 11.5 Å². The highest BCUT2D eigenvalue weighted by atomic mass is 16.5. The smallest absolute Gasteiger partial charge is 0.355 e. The number of rotatable bonds is 5. The fourth-order valence-corrected chi connectivity index (χ4v) is 2.68.